The van der Waals surface area contributed by atoms with E-state index in [9.17, 15) is 4.79 Å². The van der Waals surface area contributed by atoms with E-state index in [1.54, 1.807) is 11.8 Å². The molecule has 0 spiro atoms. The van der Waals surface area contributed by atoms with Crippen LogP contribution in [0.5, 0.6) is 0 Å². The number of rotatable bonds is 7. The van der Waals surface area contributed by atoms with Gasteiger partial charge >= 0.3 is 0 Å². The van der Waals surface area contributed by atoms with Gasteiger partial charge in [0, 0.05) is 12.6 Å². The number of carbonyl (C=O) groups excluding carboxylic acids is 1. The molecule has 0 aliphatic carbocycles. The van der Waals surface area contributed by atoms with Gasteiger partial charge in [-0.05, 0) is 19.8 Å². The lowest BCUT2D eigenvalue weighted by molar-refractivity contribution is -0.136. The number of nitrogens with two attached hydrogens (primary N) is 1. The lowest BCUT2D eigenvalue weighted by atomic mass is 10.1. The third-order valence-electron chi connectivity index (χ3n) is 2.94. The van der Waals surface area contributed by atoms with Crippen molar-refractivity contribution in [3.63, 3.8) is 0 Å². The van der Waals surface area contributed by atoms with E-state index in [1.807, 2.05) is 13.8 Å². The van der Waals surface area contributed by atoms with Gasteiger partial charge < -0.3 is 20.9 Å². The van der Waals surface area contributed by atoms with Crippen LogP contribution in [-0.4, -0.2) is 46.1 Å². The maximum atomic E-state index is 12.1. The first kappa shape index (κ1) is 15.7. The third kappa shape index (κ3) is 4.22. The second-order valence-corrected chi connectivity index (χ2v) is 3.97. The lowest BCUT2D eigenvalue weighted by Crippen LogP contribution is -2.47. The van der Waals surface area contributed by atoms with Gasteiger partial charge in [-0.1, -0.05) is 19.0 Å². The van der Waals surface area contributed by atoms with Crippen molar-refractivity contribution in [2.75, 3.05) is 13.2 Å². The molecule has 17 heavy (non-hydrogen) atoms. The Morgan fingerprint density at radius 3 is 2.29 bits per heavy atom. The number of carbonyl (C=O) groups is 1. The van der Waals surface area contributed by atoms with Crippen molar-refractivity contribution < 1.29 is 15.1 Å². The van der Waals surface area contributed by atoms with Gasteiger partial charge in [0.05, 0.1) is 12.5 Å². The molecule has 1 atom stereocenters. The summed E-state index contributed by atoms with van der Waals surface area (Å²) >= 11 is 0. The molecule has 0 aliphatic rings. The van der Waals surface area contributed by atoms with E-state index in [0.29, 0.717) is 0 Å². The summed E-state index contributed by atoms with van der Waals surface area (Å²) in [7, 11) is 0. The first-order chi connectivity index (χ1) is 8.03. The number of nitrogens with zero attached hydrogens (tertiary/aromatic N) is 2. The molecule has 4 N–H and O–H groups in total. The van der Waals surface area contributed by atoms with Gasteiger partial charge in [-0.2, -0.15) is 0 Å². The predicted molar refractivity (Wildman–Crippen MR) is 65.7 cm³/mol. The van der Waals surface area contributed by atoms with Crippen LogP contribution in [0.25, 0.3) is 0 Å². The van der Waals surface area contributed by atoms with Crippen LogP contribution in [0.1, 0.15) is 33.6 Å². The van der Waals surface area contributed by atoms with Gasteiger partial charge in [0.15, 0.2) is 5.84 Å². The molecule has 0 rings (SSSR count). The summed E-state index contributed by atoms with van der Waals surface area (Å²) in [6, 6.07) is 0.0728. The van der Waals surface area contributed by atoms with Gasteiger partial charge in [0.25, 0.3) is 0 Å². The topological polar surface area (TPSA) is 99.2 Å². The summed E-state index contributed by atoms with van der Waals surface area (Å²) in [5, 5.41) is 20.4. The largest absolute Gasteiger partial charge is 0.409 e. The van der Waals surface area contributed by atoms with Crippen LogP contribution in [-0.2, 0) is 4.79 Å². The average Bonchev–Trinajstić information content (AvgIpc) is 2.36. The third-order valence-corrected chi connectivity index (χ3v) is 2.94. The SMILES string of the molecule is CCC(CC)N(CCO)C(=O)C(C)C(N)=NO. The van der Waals surface area contributed by atoms with Crippen molar-refractivity contribution >= 4 is 11.7 Å². The molecule has 6 heteroatoms. The standard InChI is InChI=1S/C11H23N3O3/c1-4-9(5-2)14(6-7-15)11(16)8(3)10(12)13-17/h8-9,15,17H,4-7H2,1-3H3,(H2,12,13). The molecule has 0 fully saturated rings. The maximum Gasteiger partial charge on any atom is 0.233 e. The van der Waals surface area contributed by atoms with Crippen LogP contribution >= 0.6 is 0 Å². The van der Waals surface area contributed by atoms with Crippen LogP contribution in [0.3, 0.4) is 0 Å². The van der Waals surface area contributed by atoms with E-state index in [0.717, 1.165) is 12.8 Å². The molecule has 0 saturated carbocycles. The second-order valence-electron chi connectivity index (χ2n) is 3.97. The van der Waals surface area contributed by atoms with Gasteiger partial charge in [-0.15, -0.1) is 0 Å². The van der Waals surface area contributed by atoms with Crippen LogP contribution in [0, 0.1) is 5.92 Å². The second kappa shape index (κ2) is 7.89. The first-order valence-corrected chi connectivity index (χ1v) is 5.92. The highest BCUT2D eigenvalue weighted by molar-refractivity contribution is 6.01. The van der Waals surface area contributed by atoms with Crippen molar-refractivity contribution in [3.05, 3.63) is 0 Å². The average molecular weight is 245 g/mol. The number of hydrogen-bond donors (Lipinski definition) is 3. The van der Waals surface area contributed by atoms with Gasteiger partial charge in [-0.3, -0.25) is 4.79 Å². The van der Waals surface area contributed by atoms with Crippen molar-refractivity contribution in [2.45, 2.75) is 39.7 Å². The summed E-state index contributed by atoms with van der Waals surface area (Å²) < 4.78 is 0. The Labute approximate surface area is 102 Å². The van der Waals surface area contributed by atoms with E-state index in [4.69, 9.17) is 16.0 Å². The molecular weight excluding hydrogens is 222 g/mol. The summed E-state index contributed by atoms with van der Waals surface area (Å²) in [5.41, 5.74) is 5.42. The Hall–Kier alpha value is -1.30. The minimum atomic E-state index is -0.674. The molecule has 0 aromatic rings. The van der Waals surface area contributed by atoms with Crippen LogP contribution in [0.2, 0.25) is 0 Å². The minimum Gasteiger partial charge on any atom is -0.409 e. The Morgan fingerprint density at radius 2 is 1.94 bits per heavy atom. The Bertz CT molecular complexity index is 265. The normalized spacial score (nSPS) is 13.8. The monoisotopic (exact) mass is 245 g/mol. The van der Waals surface area contributed by atoms with Crippen LogP contribution in [0.15, 0.2) is 5.16 Å². The van der Waals surface area contributed by atoms with Crippen LogP contribution in [0.4, 0.5) is 0 Å². The molecule has 0 aromatic carbocycles. The summed E-state index contributed by atoms with van der Waals surface area (Å²) in [6.45, 7) is 5.74. The fraction of sp³-hybridized carbons (Fsp3) is 0.818. The number of amides is 1. The zero-order valence-electron chi connectivity index (χ0n) is 10.8. The fourth-order valence-electron chi connectivity index (χ4n) is 1.77. The van der Waals surface area contributed by atoms with Crippen molar-refractivity contribution in [3.8, 4) is 0 Å². The Balaban J connectivity index is 4.86. The predicted octanol–water partition coefficient (Wildman–Crippen LogP) is 0.378. The summed E-state index contributed by atoms with van der Waals surface area (Å²) in [6.07, 6.45) is 1.62. The molecule has 0 aliphatic heterocycles. The number of amidine groups is 1. The van der Waals surface area contributed by atoms with Gasteiger partial charge in [0.2, 0.25) is 5.91 Å². The molecule has 0 saturated heterocycles. The lowest BCUT2D eigenvalue weighted by Gasteiger charge is -2.31. The molecule has 6 nitrogen and oxygen atoms in total. The molecule has 0 aromatic heterocycles. The molecule has 0 bridgehead atoms. The number of hydrogen-bond acceptors (Lipinski definition) is 4. The minimum absolute atomic E-state index is 0.0728. The van der Waals surface area contributed by atoms with E-state index >= 15 is 0 Å². The highest BCUT2D eigenvalue weighted by Gasteiger charge is 2.27. The molecule has 1 unspecified atom stereocenters. The Kier molecular flexibility index (Phi) is 7.29. The van der Waals surface area contributed by atoms with E-state index in [1.165, 1.54) is 0 Å². The molecule has 0 heterocycles. The summed E-state index contributed by atoms with van der Waals surface area (Å²) in [4.78, 5) is 13.7. The maximum absolute atomic E-state index is 12.1. The van der Waals surface area contributed by atoms with E-state index in [-0.39, 0.29) is 30.9 Å². The number of oxime groups is 1. The van der Waals surface area contributed by atoms with Crippen molar-refractivity contribution in [2.24, 2.45) is 16.8 Å². The highest BCUT2D eigenvalue weighted by atomic mass is 16.4. The quantitative estimate of drug-likeness (QED) is 0.261. The zero-order chi connectivity index (χ0) is 13.4. The Morgan fingerprint density at radius 1 is 1.41 bits per heavy atom. The van der Waals surface area contributed by atoms with E-state index < -0.39 is 5.92 Å². The zero-order valence-corrected chi connectivity index (χ0v) is 10.8. The van der Waals surface area contributed by atoms with E-state index in [2.05, 4.69) is 5.16 Å². The number of aliphatic hydroxyl groups excluding tert-OH is 1. The number of aliphatic hydroxyl groups is 1. The van der Waals surface area contributed by atoms with Gasteiger partial charge in [0.1, 0.15) is 0 Å². The van der Waals surface area contributed by atoms with Crippen molar-refractivity contribution in [1.29, 1.82) is 0 Å². The molecular formula is C11H23N3O3. The summed E-state index contributed by atoms with van der Waals surface area (Å²) in [5.74, 6) is -1.00. The molecule has 1 amide bonds. The highest BCUT2D eigenvalue weighted by Crippen LogP contribution is 2.12. The van der Waals surface area contributed by atoms with Crippen molar-refractivity contribution in [1.82, 2.24) is 4.90 Å². The smallest absolute Gasteiger partial charge is 0.233 e. The molecule has 0 radical (unpaired) electrons. The molecule has 100 valence electrons. The fourth-order valence-corrected chi connectivity index (χ4v) is 1.77. The van der Waals surface area contributed by atoms with Crippen LogP contribution < -0.4 is 5.73 Å². The first-order valence-electron chi connectivity index (χ1n) is 5.92. The van der Waals surface area contributed by atoms with Gasteiger partial charge in [-0.25, -0.2) is 0 Å².